The van der Waals surface area contributed by atoms with Crippen LogP contribution in [0.15, 0.2) is 41.4 Å². The zero-order valence-electron chi connectivity index (χ0n) is 16.2. The van der Waals surface area contributed by atoms with Crippen molar-refractivity contribution in [2.24, 2.45) is 4.99 Å². The molecule has 0 unspecified atom stereocenters. The van der Waals surface area contributed by atoms with E-state index >= 15 is 0 Å². The van der Waals surface area contributed by atoms with E-state index in [4.69, 9.17) is 21.1 Å². The van der Waals surface area contributed by atoms with Gasteiger partial charge in [-0.15, -0.1) is 0 Å². The summed E-state index contributed by atoms with van der Waals surface area (Å²) in [6, 6.07) is 11.4. The predicted molar refractivity (Wildman–Crippen MR) is 113 cm³/mol. The second kappa shape index (κ2) is 9.37. The highest BCUT2D eigenvalue weighted by molar-refractivity contribution is 7.16. The molecule has 1 heterocycles. The third kappa shape index (κ3) is 4.82. The van der Waals surface area contributed by atoms with Crippen molar-refractivity contribution >= 4 is 39.1 Å². The molecule has 0 saturated heterocycles. The average molecular weight is 419 g/mol. The van der Waals surface area contributed by atoms with Crippen LogP contribution in [-0.2, 0) is 22.5 Å². The minimum atomic E-state index is -0.188. The van der Waals surface area contributed by atoms with Gasteiger partial charge in [-0.05, 0) is 49.2 Å². The van der Waals surface area contributed by atoms with Crippen LogP contribution in [0.25, 0.3) is 10.2 Å². The maximum absolute atomic E-state index is 12.6. The average Bonchev–Trinajstić information content (AvgIpc) is 2.98. The monoisotopic (exact) mass is 418 g/mol. The quantitative estimate of drug-likeness (QED) is 0.535. The topological polar surface area (TPSA) is 52.8 Å². The van der Waals surface area contributed by atoms with Crippen molar-refractivity contribution < 1.29 is 14.3 Å². The number of fused-ring (bicyclic) bond motifs is 1. The highest BCUT2D eigenvalue weighted by atomic mass is 35.5. The van der Waals surface area contributed by atoms with E-state index in [0.717, 1.165) is 27.1 Å². The molecule has 0 radical (unpaired) electrons. The molecule has 3 rings (SSSR count). The zero-order chi connectivity index (χ0) is 20.1. The Labute approximate surface area is 173 Å². The summed E-state index contributed by atoms with van der Waals surface area (Å²) in [6.45, 7) is 5.76. The number of amides is 1. The van der Waals surface area contributed by atoms with Gasteiger partial charge in [0.05, 0.1) is 30.4 Å². The van der Waals surface area contributed by atoms with E-state index < -0.39 is 0 Å². The van der Waals surface area contributed by atoms with Crippen LogP contribution in [0.3, 0.4) is 0 Å². The number of methoxy groups -OCH3 is 1. The SMILES string of the molecule is CCOCCn1c(=NC(=O)Cc2ccc(OC)c(C)c2)sc2cc(Cl)ccc21. The van der Waals surface area contributed by atoms with E-state index in [0.29, 0.717) is 29.6 Å². The van der Waals surface area contributed by atoms with Crippen molar-refractivity contribution in [2.45, 2.75) is 26.8 Å². The Bertz CT molecular complexity index is 1060. The molecular weight excluding hydrogens is 396 g/mol. The Kier molecular flexibility index (Phi) is 6.88. The van der Waals surface area contributed by atoms with Crippen molar-refractivity contribution in [3.05, 3.63) is 57.3 Å². The van der Waals surface area contributed by atoms with Crippen molar-refractivity contribution in [1.82, 2.24) is 4.57 Å². The molecule has 0 aliphatic rings. The van der Waals surface area contributed by atoms with Gasteiger partial charge in [-0.2, -0.15) is 4.99 Å². The van der Waals surface area contributed by atoms with E-state index in [1.54, 1.807) is 7.11 Å². The lowest BCUT2D eigenvalue weighted by atomic mass is 10.1. The first kappa shape index (κ1) is 20.6. The molecule has 0 atom stereocenters. The maximum Gasteiger partial charge on any atom is 0.252 e. The molecule has 5 nitrogen and oxygen atoms in total. The normalized spacial score (nSPS) is 11.9. The minimum Gasteiger partial charge on any atom is -0.496 e. The fourth-order valence-corrected chi connectivity index (χ4v) is 4.37. The number of carbonyl (C=O) groups excluding carboxylic acids is 1. The van der Waals surface area contributed by atoms with Crippen LogP contribution in [0.4, 0.5) is 0 Å². The third-order valence-corrected chi connectivity index (χ3v) is 5.62. The van der Waals surface area contributed by atoms with Gasteiger partial charge in [0.1, 0.15) is 5.75 Å². The maximum atomic E-state index is 12.6. The smallest absolute Gasteiger partial charge is 0.252 e. The summed E-state index contributed by atoms with van der Waals surface area (Å²) < 4.78 is 13.8. The molecule has 0 saturated carbocycles. The molecule has 0 fully saturated rings. The number of halogens is 1. The van der Waals surface area contributed by atoms with Crippen LogP contribution in [0.1, 0.15) is 18.1 Å². The highest BCUT2D eigenvalue weighted by Gasteiger charge is 2.10. The first-order valence-electron chi connectivity index (χ1n) is 9.09. The summed E-state index contributed by atoms with van der Waals surface area (Å²) in [5, 5.41) is 0.664. The Morgan fingerprint density at radius 3 is 2.79 bits per heavy atom. The van der Waals surface area contributed by atoms with E-state index in [9.17, 15) is 4.79 Å². The molecule has 2 aromatic carbocycles. The van der Waals surface area contributed by atoms with Crippen LogP contribution in [0, 0.1) is 6.92 Å². The van der Waals surface area contributed by atoms with Crippen LogP contribution < -0.4 is 9.54 Å². The molecule has 0 bridgehead atoms. The molecule has 0 N–H and O–H groups in total. The largest absolute Gasteiger partial charge is 0.496 e. The van der Waals surface area contributed by atoms with Crippen molar-refractivity contribution in [3.63, 3.8) is 0 Å². The number of hydrogen-bond acceptors (Lipinski definition) is 4. The molecule has 7 heteroatoms. The summed E-state index contributed by atoms with van der Waals surface area (Å²) in [5.41, 5.74) is 2.91. The number of aromatic nitrogens is 1. The Morgan fingerprint density at radius 2 is 2.07 bits per heavy atom. The summed E-state index contributed by atoms with van der Waals surface area (Å²) in [5.74, 6) is 0.621. The third-order valence-electron chi connectivity index (χ3n) is 4.34. The summed E-state index contributed by atoms with van der Waals surface area (Å²) >= 11 is 7.58. The fraction of sp³-hybridized carbons (Fsp3) is 0.333. The first-order valence-corrected chi connectivity index (χ1v) is 10.3. The van der Waals surface area contributed by atoms with Gasteiger partial charge in [-0.25, -0.2) is 0 Å². The zero-order valence-corrected chi connectivity index (χ0v) is 17.8. The number of benzene rings is 2. The molecule has 0 aliphatic carbocycles. The lowest BCUT2D eigenvalue weighted by Crippen LogP contribution is -2.20. The Morgan fingerprint density at radius 1 is 1.25 bits per heavy atom. The van der Waals surface area contributed by atoms with Gasteiger partial charge in [-0.1, -0.05) is 35.1 Å². The van der Waals surface area contributed by atoms with E-state index in [1.165, 1.54) is 11.3 Å². The van der Waals surface area contributed by atoms with E-state index in [-0.39, 0.29) is 12.3 Å². The van der Waals surface area contributed by atoms with Crippen molar-refractivity contribution in [2.75, 3.05) is 20.3 Å². The van der Waals surface area contributed by atoms with Crippen LogP contribution >= 0.6 is 22.9 Å². The second-order valence-electron chi connectivity index (χ2n) is 6.33. The second-order valence-corrected chi connectivity index (χ2v) is 7.78. The number of hydrogen-bond donors (Lipinski definition) is 0. The predicted octanol–water partition coefficient (Wildman–Crippen LogP) is 4.38. The van der Waals surface area contributed by atoms with Crippen molar-refractivity contribution in [1.29, 1.82) is 0 Å². The summed E-state index contributed by atoms with van der Waals surface area (Å²) in [4.78, 5) is 17.7. The summed E-state index contributed by atoms with van der Waals surface area (Å²) in [6.07, 6.45) is 0.241. The first-order chi connectivity index (χ1) is 13.5. The highest BCUT2D eigenvalue weighted by Crippen LogP contribution is 2.22. The molecule has 28 heavy (non-hydrogen) atoms. The van der Waals surface area contributed by atoms with Gasteiger partial charge < -0.3 is 14.0 Å². The number of ether oxygens (including phenoxy) is 2. The molecule has 0 aliphatic heterocycles. The molecule has 1 aromatic heterocycles. The van der Waals surface area contributed by atoms with Gasteiger partial charge in [0.25, 0.3) is 5.91 Å². The standard InChI is InChI=1S/C21H23ClN2O3S/c1-4-27-10-9-24-17-7-6-16(22)13-19(17)28-21(24)23-20(25)12-15-5-8-18(26-3)14(2)11-15/h5-8,11,13H,4,9-10,12H2,1-3H3. The minimum absolute atomic E-state index is 0.188. The Hall–Kier alpha value is -2.15. The number of aryl methyl sites for hydroxylation is 1. The molecule has 3 aromatic rings. The number of carbonyl (C=O) groups is 1. The van der Waals surface area contributed by atoms with Crippen LogP contribution in [0.2, 0.25) is 5.02 Å². The number of rotatable bonds is 7. The lowest BCUT2D eigenvalue weighted by Gasteiger charge is -2.06. The van der Waals surface area contributed by atoms with Crippen LogP contribution in [-0.4, -0.2) is 30.8 Å². The van der Waals surface area contributed by atoms with Gasteiger partial charge in [0.15, 0.2) is 4.80 Å². The fourth-order valence-electron chi connectivity index (χ4n) is 3.02. The molecule has 1 amide bonds. The van der Waals surface area contributed by atoms with Crippen LogP contribution in [0.5, 0.6) is 5.75 Å². The molecule has 0 spiro atoms. The molecular formula is C21H23ClN2O3S. The van der Waals surface area contributed by atoms with E-state index in [2.05, 4.69) is 4.99 Å². The van der Waals surface area contributed by atoms with Crippen molar-refractivity contribution in [3.8, 4) is 5.75 Å². The van der Waals surface area contributed by atoms with Gasteiger partial charge in [0, 0.05) is 18.2 Å². The number of thiazole rings is 1. The van der Waals surface area contributed by atoms with E-state index in [1.807, 2.05) is 54.8 Å². The van der Waals surface area contributed by atoms with Gasteiger partial charge in [-0.3, -0.25) is 4.79 Å². The number of nitrogens with zero attached hydrogens (tertiary/aromatic N) is 2. The van der Waals surface area contributed by atoms with Gasteiger partial charge in [0.2, 0.25) is 0 Å². The van der Waals surface area contributed by atoms with Gasteiger partial charge >= 0.3 is 0 Å². The molecule has 148 valence electrons. The summed E-state index contributed by atoms with van der Waals surface area (Å²) in [7, 11) is 1.64. The lowest BCUT2D eigenvalue weighted by molar-refractivity contribution is -0.117. The Balaban J connectivity index is 1.91.